The number of aromatic nitrogens is 1. The quantitative estimate of drug-likeness (QED) is 0.862. The second-order valence-corrected chi connectivity index (χ2v) is 4.95. The van der Waals surface area contributed by atoms with Gasteiger partial charge >= 0.3 is 0 Å². The molecule has 1 N–H and O–H groups in total. The molecule has 2 aromatic rings. The van der Waals surface area contributed by atoms with Gasteiger partial charge in [0.05, 0.1) is 5.92 Å². The van der Waals surface area contributed by atoms with Crippen molar-refractivity contribution in [2.75, 3.05) is 13.1 Å². The number of nitrogens with zero attached hydrogens (tertiary/aromatic N) is 1. The largest absolute Gasteiger partial charge is 0.440 e. The van der Waals surface area contributed by atoms with E-state index in [0.29, 0.717) is 11.8 Å². The van der Waals surface area contributed by atoms with Crippen LogP contribution in [0.15, 0.2) is 22.6 Å². The fraction of sp³-hybridized carbons (Fsp3) is 0.500. The molecule has 3 nitrogen and oxygen atoms in total. The molecule has 1 aliphatic heterocycles. The predicted octanol–water partition coefficient (Wildman–Crippen LogP) is 2.71. The molecule has 3 rings (SSSR count). The summed E-state index contributed by atoms with van der Waals surface area (Å²) < 4.78 is 5.87. The lowest BCUT2D eigenvalue weighted by molar-refractivity contribution is 0.435. The second-order valence-electron chi connectivity index (χ2n) is 4.95. The SMILES string of the molecule is CCc1ccc2oc(C3CNCC3C)nc2c1. The highest BCUT2D eigenvalue weighted by atomic mass is 16.3. The number of hydrogen-bond donors (Lipinski definition) is 1. The molecule has 0 saturated carbocycles. The van der Waals surface area contributed by atoms with E-state index >= 15 is 0 Å². The van der Waals surface area contributed by atoms with Gasteiger partial charge in [0.15, 0.2) is 11.5 Å². The van der Waals surface area contributed by atoms with E-state index in [-0.39, 0.29) is 0 Å². The number of benzene rings is 1. The Morgan fingerprint density at radius 2 is 2.29 bits per heavy atom. The number of nitrogens with one attached hydrogen (secondary N) is 1. The van der Waals surface area contributed by atoms with Crippen LogP contribution in [-0.4, -0.2) is 18.1 Å². The van der Waals surface area contributed by atoms with Crippen LogP contribution in [0.3, 0.4) is 0 Å². The third kappa shape index (κ3) is 1.84. The molecular weight excluding hydrogens is 212 g/mol. The molecule has 2 unspecified atom stereocenters. The summed E-state index contributed by atoms with van der Waals surface area (Å²) in [6.45, 7) is 6.44. The van der Waals surface area contributed by atoms with Crippen molar-refractivity contribution in [3.8, 4) is 0 Å². The van der Waals surface area contributed by atoms with Crippen molar-refractivity contribution < 1.29 is 4.42 Å². The van der Waals surface area contributed by atoms with Gasteiger partial charge in [-0.3, -0.25) is 0 Å². The highest BCUT2D eigenvalue weighted by molar-refractivity contribution is 5.73. The number of fused-ring (bicyclic) bond motifs is 1. The summed E-state index contributed by atoms with van der Waals surface area (Å²) >= 11 is 0. The summed E-state index contributed by atoms with van der Waals surface area (Å²) in [6, 6.07) is 6.29. The molecule has 3 heteroatoms. The molecule has 1 saturated heterocycles. The highest BCUT2D eigenvalue weighted by Gasteiger charge is 2.28. The van der Waals surface area contributed by atoms with Crippen molar-refractivity contribution in [1.82, 2.24) is 10.3 Å². The zero-order chi connectivity index (χ0) is 11.8. The van der Waals surface area contributed by atoms with E-state index in [1.165, 1.54) is 5.56 Å². The van der Waals surface area contributed by atoms with E-state index in [1.807, 2.05) is 6.07 Å². The first-order valence-corrected chi connectivity index (χ1v) is 6.38. The second kappa shape index (κ2) is 4.15. The van der Waals surface area contributed by atoms with Gasteiger partial charge in [-0.25, -0.2) is 4.98 Å². The van der Waals surface area contributed by atoms with Gasteiger partial charge in [-0.2, -0.15) is 0 Å². The molecule has 2 heterocycles. The van der Waals surface area contributed by atoms with Crippen molar-refractivity contribution in [3.05, 3.63) is 29.7 Å². The standard InChI is InChI=1S/C14H18N2O/c1-3-10-4-5-13-12(6-10)16-14(17-13)11-8-15-7-9(11)2/h4-6,9,11,15H,3,7-8H2,1-2H3. The number of oxazole rings is 1. The summed E-state index contributed by atoms with van der Waals surface area (Å²) in [5.74, 6) is 1.92. The van der Waals surface area contributed by atoms with E-state index < -0.39 is 0 Å². The molecular formula is C14H18N2O. The molecule has 17 heavy (non-hydrogen) atoms. The molecule has 1 aromatic heterocycles. The van der Waals surface area contributed by atoms with E-state index in [1.54, 1.807) is 0 Å². The van der Waals surface area contributed by atoms with Crippen LogP contribution in [-0.2, 0) is 6.42 Å². The minimum atomic E-state index is 0.424. The molecule has 2 atom stereocenters. The van der Waals surface area contributed by atoms with Crippen molar-refractivity contribution in [2.45, 2.75) is 26.2 Å². The Labute approximate surface area is 101 Å². The van der Waals surface area contributed by atoms with E-state index in [4.69, 9.17) is 4.42 Å². The zero-order valence-corrected chi connectivity index (χ0v) is 10.4. The predicted molar refractivity (Wildman–Crippen MR) is 68.2 cm³/mol. The number of rotatable bonds is 2. The lowest BCUT2D eigenvalue weighted by Crippen LogP contribution is -2.08. The van der Waals surface area contributed by atoms with Gasteiger partial charge in [0.1, 0.15) is 5.52 Å². The molecule has 1 fully saturated rings. The molecule has 0 radical (unpaired) electrons. The summed E-state index contributed by atoms with van der Waals surface area (Å²) in [5.41, 5.74) is 3.23. The fourth-order valence-electron chi connectivity index (χ4n) is 2.51. The van der Waals surface area contributed by atoms with Gasteiger partial charge < -0.3 is 9.73 Å². The average Bonchev–Trinajstić information content (AvgIpc) is 2.93. The van der Waals surface area contributed by atoms with Crippen LogP contribution < -0.4 is 5.32 Å². The van der Waals surface area contributed by atoms with Crippen molar-refractivity contribution in [1.29, 1.82) is 0 Å². The molecule has 0 amide bonds. The Hall–Kier alpha value is -1.35. The van der Waals surface area contributed by atoms with Crippen LogP contribution in [0.2, 0.25) is 0 Å². The molecule has 1 aliphatic rings. The average molecular weight is 230 g/mol. The molecule has 1 aromatic carbocycles. The number of hydrogen-bond acceptors (Lipinski definition) is 3. The van der Waals surface area contributed by atoms with Crippen LogP contribution in [0.5, 0.6) is 0 Å². The maximum absolute atomic E-state index is 5.87. The van der Waals surface area contributed by atoms with Crippen LogP contribution in [0.4, 0.5) is 0 Å². The minimum Gasteiger partial charge on any atom is -0.440 e. The van der Waals surface area contributed by atoms with Gasteiger partial charge in [0, 0.05) is 6.54 Å². The molecule has 0 bridgehead atoms. The molecule has 0 aliphatic carbocycles. The Kier molecular flexibility index (Phi) is 2.63. The first-order chi connectivity index (χ1) is 8.28. The monoisotopic (exact) mass is 230 g/mol. The maximum atomic E-state index is 5.87. The van der Waals surface area contributed by atoms with Crippen molar-refractivity contribution in [2.24, 2.45) is 5.92 Å². The summed E-state index contributed by atoms with van der Waals surface area (Å²) in [5, 5.41) is 3.39. The summed E-state index contributed by atoms with van der Waals surface area (Å²) in [6.07, 6.45) is 1.04. The Bertz CT molecular complexity index is 532. The van der Waals surface area contributed by atoms with Gasteiger partial charge in [-0.15, -0.1) is 0 Å². The van der Waals surface area contributed by atoms with Crippen LogP contribution in [0, 0.1) is 5.92 Å². The zero-order valence-electron chi connectivity index (χ0n) is 10.4. The van der Waals surface area contributed by atoms with Crippen molar-refractivity contribution >= 4 is 11.1 Å². The molecule has 90 valence electrons. The number of aryl methyl sites for hydroxylation is 1. The third-order valence-electron chi connectivity index (χ3n) is 3.71. The van der Waals surface area contributed by atoms with E-state index in [2.05, 4.69) is 36.3 Å². The summed E-state index contributed by atoms with van der Waals surface area (Å²) in [4.78, 5) is 4.65. The highest BCUT2D eigenvalue weighted by Crippen LogP contribution is 2.29. The smallest absolute Gasteiger partial charge is 0.200 e. The minimum absolute atomic E-state index is 0.424. The van der Waals surface area contributed by atoms with Gasteiger partial charge in [0.2, 0.25) is 0 Å². The van der Waals surface area contributed by atoms with Gasteiger partial charge in [0.25, 0.3) is 0 Å². The normalized spacial score (nSPS) is 24.6. The maximum Gasteiger partial charge on any atom is 0.200 e. The topological polar surface area (TPSA) is 38.1 Å². The first-order valence-electron chi connectivity index (χ1n) is 6.38. The molecule has 0 spiro atoms. The van der Waals surface area contributed by atoms with Crippen LogP contribution in [0.1, 0.15) is 31.2 Å². The van der Waals surface area contributed by atoms with E-state index in [9.17, 15) is 0 Å². The van der Waals surface area contributed by atoms with E-state index in [0.717, 1.165) is 36.5 Å². The Balaban J connectivity index is 2.01. The lowest BCUT2D eigenvalue weighted by atomic mass is 9.98. The van der Waals surface area contributed by atoms with Gasteiger partial charge in [-0.1, -0.05) is 19.9 Å². The van der Waals surface area contributed by atoms with Crippen LogP contribution >= 0.6 is 0 Å². The Morgan fingerprint density at radius 1 is 1.41 bits per heavy atom. The van der Waals surface area contributed by atoms with Crippen molar-refractivity contribution in [3.63, 3.8) is 0 Å². The first kappa shape index (κ1) is 10.8. The lowest BCUT2D eigenvalue weighted by Gasteiger charge is -2.08. The Morgan fingerprint density at radius 3 is 3.00 bits per heavy atom. The summed E-state index contributed by atoms with van der Waals surface area (Å²) in [7, 11) is 0. The third-order valence-corrected chi connectivity index (χ3v) is 3.71. The fourth-order valence-corrected chi connectivity index (χ4v) is 2.51. The van der Waals surface area contributed by atoms with Crippen LogP contribution in [0.25, 0.3) is 11.1 Å². The van der Waals surface area contributed by atoms with Gasteiger partial charge in [-0.05, 0) is 36.6 Å².